The Hall–Kier alpha value is -1.21. The van der Waals surface area contributed by atoms with Crippen LogP contribution in [0.4, 0.5) is 0 Å². The molecule has 19 nitrogen and oxygen atoms in total. The van der Waals surface area contributed by atoms with E-state index in [-0.39, 0.29) is 12.5 Å². The van der Waals surface area contributed by atoms with Crippen molar-refractivity contribution in [2.45, 2.75) is 247 Å². The van der Waals surface area contributed by atoms with Gasteiger partial charge in [0.2, 0.25) is 0 Å². The first-order valence-electron chi connectivity index (χ1n) is 21.5. The van der Waals surface area contributed by atoms with Gasteiger partial charge in [-0.25, -0.2) is 0 Å². The predicted molar refractivity (Wildman–Crippen MR) is 204 cm³/mol. The Kier molecular flexibility index (Phi) is 20.5. The van der Waals surface area contributed by atoms with E-state index in [9.17, 15) is 50.8 Å². The highest BCUT2D eigenvalue weighted by Gasteiger charge is 2.54. The Morgan fingerprint density at radius 1 is 0.458 bits per heavy atom. The lowest BCUT2D eigenvalue weighted by atomic mass is 9.96. The first kappa shape index (κ1) is 50.4. The first-order chi connectivity index (χ1) is 28.0. The van der Waals surface area contributed by atoms with Gasteiger partial charge in [0.25, 0.3) is 0 Å². The zero-order valence-electron chi connectivity index (χ0n) is 35.0. The fraction of sp³-hybridized carbons (Fsp3) is 0.975. The van der Waals surface area contributed by atoms with E-state index in [0.29, 0.717) is 19.3 Å². The standard InChI is InChI=1S/C40H72O19/c1-6-7-13-16-23(17-14-11-9-8-10-12-15-18-24(41)42)56-39-35(29(47)26(44)20(3)53-39)59-40-36(30(48)27(45)21(4)54-40)58-38-33(51)31(49)34(22(5)55-38)57-37-32(50)28(46)25(43)19(2)52-37/h19-23,25-40,43-51H,6-18H2,1-5H3,(H,41,42)/t19-,20-,21-,22+,23-,25-,26-,27-,28+,29+,30+,31+,32-,33-,34+,35-,36-,37+,38+,39+,40+/m1/s1. The molecule has 21 atom stereocenters. The van der Waals surface area contributed by atoms with Crippen LogP contribution < -0.4 is 0 Å². The summed E-state index contributed by atoms with van der Waals surface area (Å²) in [5.41, 5.74) is 0. The summed E-state index contributed by atoms with van der Waals surface area (Å²) in [6.45, 7) is 8.10. The van der Waals surface area contributed by atoms with Crippen molar-refractivity contribution in [3.8, 4) is 0 Å². The number of hydrogen-bond donors (Lipinski definition) is 10. The van der Waals surface area contributed by atoms with E-state index in [0.717, 1.165) is 57.8 Å². The minimum absolute atomic E-state index is 0.180. The average molecular weight is 857 g/mol. The number of unbranched alkanes of at least 4 members (excludes halogenated alkanes) is 8. The molecule has 0 aromatic rings. The highest BCUT2D eigenvalue weighted by Crippen LogP contribution is 2.35. The zero-order chi connectivity index (χ0) is 43.6. The van der Waals surface area contributed by atoms with Gasteiger partial charge in [-0.15, -0.1) is 0 Å². The summed E-state index contributed by atoms with van der Waals surface area (Å²) in [5.74, 6) is -0.781. The molecule has 10 N–H and O–H groups in total. The van der Waals surface area contributed by atoms with Crippen LogP contribution in [0.3, 0.4) is 0 Å². The second-order valence-electron chi connectivity index (χ2n) is 16.7. The molecular formula is C40H72O19. The van der Waals surface area contributed by atoms with E-state index in [2.05, 4.69) is 6.92 Å². The molecule has 4 rings (SSSR count). The lowest BCUT2D eigenvalue weighted by Gasteiger charge is -2.49. The molecule has 0 spiro atoms. The van der Waals surface area contributed by atoms with Gasteiger partial charge in [-0.1, -0.05) is 64.7 Å². The Balaban J connectivity index is 1.44. The minimum Gasteiger partial charge on any atom is -0.481 e. The lowest BCUT2D eigenvalue weighted by Crippen LogP contribution is -2.66. The molecule has 59 heavy (non-hydrogen) atoms. The Morgan fingerprint density at radius 2 is 0.847 bits per heavy atom. The van der Waals surface area contributed by atoms with Gasteiger partial charge in [-0.3, -0.25) is 4.79 Å². The third kappa shape index (κ3) is 13.6. The van der Waals surface area contributed by atoms with Crippen molar-refractivity contribution < 1.29 is 93.8 Å². The molecule has 0 aliphatic carbocycles. The quantitative estimate of drug-likeness (QED) is 0.0638. The fourth-order valence-corrected chi connectivity index (χ4v) is 8.03. The number of carboxylic acid groups (broad SMARTS) is 1. The molecule has 0 aromatic heterocycles. The van der Waals surface area contributed by atoms with E-state index < -0.39 is 129 Å². The zero-order valence-corrected chi connectivity index (χ0v) is 35.0. The summed E-state index contributed by atoms with van der Waals surface area (Å²) in [6.07, 6.45) is -18.2. The van der Waals surface area contributed by atoms with Crippen LogP contribution in [0.25, 0.3) is 0 Å². The van der Waals surface area contributed by atoms with E-state index >= 15 is 0 Å². The van der Waals surface area contributed by atoms with Gasteiger partial charge in [0.15, 0.2) is 25.2 Å². The smallest absolute Gasteiger partial charge is 0.303 e. The van der Waals surface area contributed by atoms with E-state index in [1.54, 1.807) is 6.92 Å². The summed E-state index contributed by atoms with van der Waals surface area (Å²) < 4.78 is 47.9. The number of hydrogen-bond acceptors (Lipinski definition) is 18. The minimum atomic E-state index is -1.85. The van der Waals surface area contributed by atoms with Crippen LogP contribution in [-0.2, 0) is 42.7 Å². The van der Waals surface area contributed by atoms with Crippen LogP contribution in [0.2, 0.25) is 0 Å². The van der Waals surface area contributed by atoms with Crippen molar-refractivity contribution in [3.05, 3.63) is 0 Å². The largest absolute Gasteiger partial charge is 0.481 e. The van der Waals surface area contributed by atoms with E-state index in [1.807, 2.05) is 0 Å². The van der Waals surface area contributed by atoms with Gasteiger partial charge in [-0.05, 0) is 47.0 Å². The lowest BCUT2D eigenvalue weighted by molar-refractivity contribution is -0.397. The van der Waals surface area contributed by atoms with Crippen molar-refractivity contribution in [1.29, 1.82) is 0 Å². The molecule has 346 valence electrons. The van der Waals surface area contributed by atoms with Gasteiger partial charge in [-0.2, -0.15) is 0 Å². The fourth-order valence-electron chi connectivity index (χ4n) is 8.03. The topological polar surface area (TPSA) is 293 Å². The Bertz CT molecular complexity index is 1220. The number of aliphatic hydroxyl groups excluding tert-OH is 9. The molecule has 4 heterocycles. The van der Waals surface area contributed by atoms with Crippen LogP contribution in [0.5, 0.6) is 0 Å². The van der Waals surface area contributed by atoms with Gasteiger partial charge < -0.3 is 89.0 Å². The third-order valence-corrected chi connectivity index (χ3v) is 11.9. The molecule has 19 heteroatoms. The molecule has 0 amide bonds. The van der Waals surface area contributed by atoms with Crippen LogP contribution in [-0.4, -0.2) is 186 Å². The molecule has 0 radical (unpaired) electrons. The van der Waals surface area contributed by atoms with Crippen LogP contribution in [0, 0.1) is 0 Å². The normalized spacial score (nSPS) is 43.7. The summed E-state index contributed by atoms with van der Waals surface area (Å²) in [6, 6.07) is 0. The highest BCUT2D eigenvalue weighted by atomic mass is 16.8. The monoisotopic (exact) mass is 856 g/mol. The van der Waals surface area contributed by atoms with Crippen LogP contribution >= 0.6 is 0 Å². The Morgan fingerprint density at radius 3 is 1.41 bits per heavy atom. The first-order valence-corrected chi connectivity index (χ1v) is 21.5. The molecule has 4 fully saturated rings. The highest BCUT2D eigenvalue weighted by molar-refractivity contribution is 5.66. The number of rotatable bonds is 22. The maximum absolute atomic E-state index is 11.4. The molecule has 4 aliphatic heterocycles. The predicted octanol–water partition coefficient (Wildman–Crippen LogP) is -0.0697. The second kappa shape index (κ2) is 24.0. The summed E-state index contributed by atoms with van der Waals surface area (Å²) in [4.78, 5) is 10.8. The van der Waals surface area contributed by atoms with Crippen molar-refractivity contribution >= 4 is 5.97 Å². The number of carboxylic acids is 1. The molecule has 4 saturated heterocycles. The number of aliphatic carboxylic acids is 1. The maximum atomic E-state index is 11.4. The van der Waals surface area contributed by atoms with Crippen molar-refractivity contribution in [2.24, 2.45) is 0 Å². The van der Waals surface area contributed by atoms with Gasteiger partial charge in [0.05, 0.1) is 30.5 Å². The van der Waals surface area contributed by atoms with Crippen molar-refractivity contribution in [2.75, 3.05) is 0 Å². The second-order valence-corrected chi connectivity index (χ2v) is 16.7. The van der Waals surface area contributed by atoms with Gasteiger partial charge in [0, 0.05) is 6.42 Å². The van der Waals surface area contributed by atoms with E-state index in [1.165, 1.54) is 20.8 Å². The number of aliphatic hydroxyl groups is 9. The average Bonchev–Trinajstić information content (AvgIpc) is 3.19. The van der Waals surface area contributed by atoms with Crippen LogP contribution in [0.15, 0.2) is 0 Å². The summed E-state index contributed by atoms with van der Waals surface area (Å²) >= 11 is 0. The van der Waals surface area contributed by atoms with E-state index in [4.69, 9.17) is 43.0 Å². The molecule has 0 aromatic carbocycles. The maximum Gasteiger partial charge on any atom is 0.303 e. The SMILES string of the molecule is CCCCC[C@H](CCCCCCCCCC(=O)O)O[C@@H]1O[C@H](C)[C@@H](O)[C@H](O)[C@H]1O[C@@H]1O[C@H](C)[C@@H](O)[C@H](O)[C@H]1O[C@@H]1O[C@@H](C)[C@H](O[C@@H]2O[C@H](C)[C@@H](O)[C@H](O)[C@H]2O)[C@@H](O)[C@H]1O. The Labute approximate surface area is 346 Å². The number of carbonyl (C=O) groups is 1. The van der Waals surface area contributed by atoms with Crippen LogP contribution in [0.1, 0.15) is 118 Å². The number of ether oxygens (including phenoxy) is 8. The summed E-state index contributed by atoms with van der Waals surface area (Å²) in [5, 5.41) is 106. The van der Waals surface area contributed by atoms with Crippen molar-refractivity contribution in [3.63, 3.8) is 0 Å². The molecular weight excluding hydrogens is 784 g/mol. The summed E-state index contributed by atoms with van der Waals surface area (Å²) in [7, 11) is 0. The molecule has 0 saturated carbocycles. The molecule has 0 unspecified atom stereocenters. The van der Waals surface area contributed by atoms with Gasteiger partial charge in [0.1, 0.15) is 73.2 Å². The van der Waals surface area contributed by atoms with Gasteiger partial charge >= 0.3 is 5.97 Å². The van der Waals surface area contributed by atoms with Crippen molar-refractivity contribution in [1.82, 2.24) is 0 Å². The molecule has 4 aliphatic rings. The third-order valence-electron chi connectivity index (χ3n) is 11.9. The molecule has 0 bridgehead atoms.